The van der Waals surface area contributed by atoms with Crippen LogP contribution in [0.4, 0.5) is 0 Å². The molecule has 0 radical (unpaired) electrons. The maximum absolute atomic E-state index is 11.9. The van der Waals surface area contributed by atoms with E-state index in [1.54, 1.807) is 0 Å². The van der Waals surface area contributed by atoms with Gasteiger partial charge in [-0.25, -0.2) is 4.68 Å². The summed E-state index contributed by atoms with van der Waals surface area (Å²) in [5.41, 5.74) is 0. The number of nitrogens with zero attached hydrogens (tertiary/aromatic N) is 5. The lowest BCUT2D eigenvalue weighted by Crippen LogP contribution is -2.56. The second-order valence-electron chi connectivity index (χ2n) is 4.27. The molecule has 2 atom stereocenters. The van der Waals surface area contributed by atoms with Gasteiger partial charge in [-0.1, -0.05) is 0 Å². The van der Waals surface area contributed by atoms with Crippen LogP contribution >= 0.6 is 0 Å². The largest absolute Gasteiger partial charge is 0.338 e. The van der Waals surface area contributed by atoms with Crippen molar-refractivity contribution >= 4 is 5.91 Å². The molecule has 0 spiro atoms. The van der Waals surface area contributed by atoms with Crippen molar-refractivity contribution in [3.63, 3.8) is 0 Å². The van der Waals surface area contributed by atoms with E-state index in [1.165, 1.54) is 11.0 Å². The van der Waals surface area contributed by atoms with Crippen LogP contribution in [0.3, 0.4) is 0 Å². The Kier molecular flexibility index (Phi) is 3.14. The number of piperazine rings is 1. The lowest BCUT2D eigenvalue weighted by molar-refractivity contribution is -0.133. The SMILES string of the molecule is CC1CN(C(=O)Cn2cnnn2)CC(C)N1. The molecule has 1 aliphatic rings. The van der Waals surface area contributed by atoms with Gasteiger partial charge in [0.15, 0.2) is 0 Å². The van der Waals surface area contributed by atoms with Gasteiger partial charge in [0.2, 0.25) is 5.91 Å². The highest BCUT2D eigenvalue weighted by atomic mass is 16.2. The molecule has 1 saturated heterocycles. The summed E-state index contributed by atoms with van der Waals surface area (Å²) in [6.45, 7) is 5.85. The fourth-order valence-electron chi connectivity index (χ4n) is 2.02. The van der Waals surface area contributed by atoms with Gasteiger partial charge < -0.3 is 10.2 Å². The van der Waals surface area contributed by atoms with E-state index < -0.39 is 0 Å². The summed E-state index contributed by atoms with van der Waals surface area (Å²) in [6.07, 6.45) is 1.45. The van der Waals surface area contributed by atoms with E-state index in [1.807, 2.05) is 4.90 Å². The predicted molar refractivity (Wildman–Crippen MR) is 56.5 cm³/mol. The molecule has 1 amide bonds. The van der Waals surface area contributed by atoms with E-state index in [9.17, 15) is 4.79 Å². The second-order valence-corrected chi connectivity index (χ2v) is 4.27. The summed E-state index contributed by atoms with van der Waals surface area (Å²) in [4.78, 5) is 13.8. The van der Waals surface area contributed by atoms with Crippen molar-refractivity contribution < 1.29 is 4.79 Å². The average Bonchev–Trinajstić information content (AvgIpc) is 2.68. The fraction of sp³-hybridized carbons (Fsp3) is 0.778. The molecule has 0 bridgehead atoms. The zero-order valence-corrected chi connectivity index (χ0v) is 9.50. The molecular weight excluding hydrogens is 208 g/mol. The quantitative estimate of drug-likeness (QED) is 0.689. The Balaban J connectivity index is 1.94. The van der Waals surface area contributed by atoms with E-state index in [4.69, 9.17) is 0 Å². The number of hydrogen-bond donors (Lipinski definition) is 1. The summed E-state index contributed by atoms with van der Waals surface area (Å²) in [5, 5.41) is 14.1. The third kappa shape index (κ3) is 2.54. The van der Waals surface area contributed by atoms with Gasteiger partial charge in [0.05, 0.1) is 0 Å². The van der Waals surface area contributed by atoms with Gasteiger partial charge in [-0.05, 0) is 24.3 Å². The average molecular weight is 224 g/mol. The molecular formula is C9H16N6O. The van der Waals surface area contributed by atoms with Crippen molar-refractivity contribution in [3.8, 4) is 0 Å². The summed E-state index contributed by atoms with van der Waals surface area (Å²) in [6, 6.07) is 0.670. The van der Waals surface area contributed by atoms with Gasteiger partial charge >= 0.3 is 0 Å². The summed E-state index contributed by atoms with van der Waals surface area (Å²) in [7, 11) is 0. The minimum Gasteiger partial charge on any atom is -0.338 e. The minimum absolute atomic E-state index is 0.0625. The number of aromatic nitrogens is 4. The highest BCUT2D eigenvalue weighted by molar-refractivity contribution is 5.76. The van der Waals surface area contributed by atoms with E-state index in [2.05, 4.69) is 34.7 Å². The topological polar surface area (TPSA) is 75.9 Å². The molecule has 0 saturated carbocycles. The van der Waals surface area contributed by atoms with Gasteiger partial charge in [0.25, 0.3) is 0 Å². The zero-order chi connectivity index (χ0) is 11.5. The molecule has 2 rings (SSSR count). The molecule has 0 aliphatic carbocycles. The molecule has 1 N–H and O–H groups in total. The van der Waals surface area contributed by atoms with Crippen LogP contribution in [0.25, 0.3) is 0 Å². The van der Waals surface area contributed by atoms with Gasteiger partial charge in [0, 0.05) is 25.2 Å². The molecule has 1 fully saturated rings. The Morgan fingerprint density at radius 1 is 1.44 bits per heavy atom. The highest BCUT2D eigenvalue weighted by Gasteiger charge is 2.24. The van der Waals surface area contributed by atoms with Crippen LogP contribution in [0.15, 0.2) is 6.33 Å². The lowest BCUT2D eigenvalue weighted by Gasteiger charge is -2.36. The first kappa shape index (κ1) is 11.0. The minimum atomic E-state index is 0.0625. The summed E-state index contributed by atoms with van der Waals surface area (Å²) < 4.78 is 1.44. The van der Waals surface area contributed by atoms with Crippen LogP contribution < -0.4 is 5.32 Å². The van der Waals surface area contributed by atoms with Crippen molar-refractivity contribution in [2.45, 2.75) is 32.5 Å². The Labute approximate surface area is 93.8 Å². The monoisotopic (exact) mass is 224 g/mol. The van der Waals surface area contributed by atoms with Crippen molar-refractivity contribution in [3.05, 3.63) is 6.33 Å². The normalized spacial score (nSPS) is 25.8. The summed E-state index contributed by atoms with van der Waals surface area (Å²) >= 11 is 0. The molecule has 2 unspecified atom stereocenters. The predicted octanol–water partition coefficient (Wildman–Crippen LogP) is -1.12. The van der Waals surface area contributed by atoms with E-state index in [0.29, 0.717) is 12.1 Å². The van der Waals surface area contributed by atoms with Crippen molar-refractivity contribution in [1.82, 2.24) is 30.4 Å². The van der Waals surface area contributed by atoms with E-state index in [0.717, 1.165) is 13.1 Å². The Bertz CT molecular complexity index is 341. The smallest absolute Gasteiger partial charge is 0.244 e. The number of tetrazole rings is 1. The maximum Gasteiger partial charge on any atom is 0.244 e. The molecule has 1 aromatic rings. The van der Waals surface area contributed by atoms with Crippen LogP contribution in [0.1, 0.15) is 13.8 Å². The van der Waals surface area contributed by atoms with Gasteiger partial charge in [0.1, 0.15) is 12.9 Å². The van der Waals surface area contributed by atoms with E-state index in [-0.39, 0.29) is 12.5 Å². The van der Waals surface area contributed by atoms with Gasteiger partial charge in [-0.3, -0.25) is 4.79 Å². The molecule has 0 aromatic carbocycles. The third-order valence-corrected chi connectivity index (χ3v) is 2.60. The first-order valence-corrected chi connectivity index (χ1v) is 5.39. The Hall–Kier alpha value is -1.50. The third-order valence-electron chi connectivity index (χ3n) is 2.60. The number of rotatable bonds is 2. The van der Waals surface area contributed by atoms with Crippen molar-refractivity contribution in [2.24, 2.45) is 0 Å². The number of carbonyl (C=O) groups is 1. The number of amides is 1. The van der Waals surface area contributed by atoms with Crippen LogP contribution in [-0.2, 0) is 11.3 Å². The standard InChI is InChI=1S/C9H16N6O/c1-7-3-14(4-8(2)11-7)9(16)5-15-6-10-12-13-15/h6-8,11H,3-5H2,1-2H3. The molecule has 88 valence electrons. The molecule has 1 aliphatic heterocycles. The van der Waals surface area contributed by atoms with Crippen LogP contribution in [-0.4, -0.2) is 56.2 Å². The van der Waals surface area contributed by atoms with Crippen LogP contribution in [0, 0.1) is 0 Å². The highest BCUT2D eigenvalue weighted by Crippen LogP contribution is 2.04. The van der Waals surface area contributed by atoms with Crippen molar-refractivity contribution in [1.29, 1.82) is 0 Å². The second kappa shape index (κ2) is 4.56. The van der Waals surface area contributed by atoms with Crippen LogP contribution in [0.2, 0.25) is 0 Å². The Morgan fingerprint density at radius 2 is 2.12 bits per heavy atom. The van der Waals surface area contributed by atoms with Crippen LogP contribution in [0.5, 0.6) is 0 Å². The molecule has 7 nitrogen and oxygen atoms in total. The van der Waals surface area contributed by atoms with Gasteiger partial charge in [-0.2, -0.15) is 0 Å². The maximum atomic E-state index is 11.9. The lowest BCUT2D eigenvalue weighted by atomic mass is 10.1. The zero-order valence-electron chi connectivity index (χ0n) is 9.50. The number of carbonyl (C=O) groups excluding carboxylic acids is 1. The summed E-state index contributed by atoms with van der Waals surface area (Å²) in [5.74, 6) is 0.0625. The first-order valence-electron chi connectivity index (χ1n) is 5.39. The fourth-order valence-corrected chi connectivity index (χ4v) is 2.02. The molecule has 1 aromatic heterocycles. The molecule has 16 heavy (non-hydrogen) atoms. The Morgan fingerprint density at radius 3 is 2.69 bits per heavy atom. The van der Waals surface area contributed by atoms with Crippen molar-refractivity contribution in [2.75, 3.05) is 13.1 Å². The first-order chi connectivity index (χ1) is 7.65. The van der Waals surface area contributed by atoms with Gasteiger partial charge in [-0.15, -0.1) is 5.10 Å². The molecule has 2 heterocycles. The number of nitrogens with one attached hydrogen (secondary N) is 1. The number of hydrogen-bond acceptors (Lipinski definition) is 5. The molecule has 7 heteroatoms. The van der Waals surface area contributed by atoms with E-state index >= 15 is 0 Å².